The van der Waals surface area contributed by atoms with Gasteiger partial charge in [-0.05, 0) is 54.1 Å². The number of nitrogens with one attached hydrogen (secondary N) is 1. The Kier molecular flexibility index (Phi) is 4.73. The fourth-order valence-corrected chi connectivity index (χ4v) is 3.54. The van der Waals surface area contributed by atoms with Crippen molar-refractivity contribution in [3.63, 3.8) is 0 Å². The molecule has 0 aliphatic carbocycles. The Balaban J connectivity index is 1.58. The van der Waals surface area contributed by atoms with Crippen LogP contribution in [-0.2, 0) is 12.7 Å². The highest BCUT2D eigenvalue weighted by Gasteiger charge is 2.30. The molecule has 0 aliphatic heterocycles. The number of nitrogens with zero attached hydrogens (tertiary/aromatic N) is 4. The molecule has 0 bridgehead atoms. The fraction of sp³-hybridized carbons (Fsp3) is 0.0870. The van der Waals surface area contributed by atoms with E-state index in [1.807, 2.05) is 24.3 Å². The number of fused-ring (bicyclic) bond motifs is 3. The van der Waals surface area contributed by atoms with Crippen LogP contribution in [0.3, 0.4) is 0 Å². The van der Waals surface area contributed by atoms with Crippen LogP contribution >= 0.6 is 0 Å². The summed E-state index contributed by atoms with van der Waals surface area (Å²) in [7, 11) is 0. The van der Waals surface area contributed by atoms with Crippen molar-refractivity contribution >= 4 is 22.4 Å². The van der Waals surface area contributed by atoms with Crippen molar-refractivity contribution in [2.75, 3.05) is 5.32 Å². The van der Waals surface area contributed by atoms with E-state index >= 15 is 0 Å². The summed E-state index contributed by atoms with van der Waals surface area (Å²) in [5.74, 6) is 0.114. The molecular formula is C23H15F4N5. The van der Waals surface area contributed by atoms with Gasteiger partial charge in [-0.25, -0.2) is 9.37 Å². The summed E-state index contributed by atoms with van der Waals surface area (Å²) in [6, 6.07) is 18.4. The van der Waals surface area contributed by atoms with Gasteiger partial charge in [-0.1, -0.05) is 29.5 Å². The Morgan fingerprint density at radius 1 is 0.906 bits per heavy atom. The molecule has 0 fully saturated rings. The molecule has 2 aromatic heterocycles. The quantitative estimate of drug-likeness (QED) is 0.366. The molecule has 5 aromatic rings. The zero-order valence-electron chi connectivity index (χ0n) is 16.4. The third-order valence-corrected chi connectivity index (χ3v) is 5.08. The Bertz CT molecular complexity index is 1420. The topological polar surface area (TPSA) is 55.1 Å². The lowest BCUT2D eigenvalue weighted by Crippen LogP contribution is -2.08. The van der Waals surface area contributed by atoms with Crippen LogP contribution in [0.4, 0.5) is 23.4 Å². The minimum Gasteiger partial charge on any atom is -0.365 e. The van der Waals surface area contributed by atoms with Gasteiger partial charge < -0.3 is 5.32 Å². The van der Waals surface area contributed by atoms with E-state index in [2.05, 4.69) is 20.6 Å². The number of rotatable bonds is 4. The van der Waals surface area contributed by atoms with Gasteiger partial charge in [-0.3, -0.25) is 0 Å². The lowest BCUT2D eigenvalue weighted by molar-refractivity contribution is -0.137. The van der Waals surface area contributed by atoms with Crippen molar-refractivity contribution in [1.82, 2.24) is 19.8 Å². The van der Waals surface area contributed by atoms with Crippen LogP contribution in [0.15, 0.2) is 72.8 Å². The molecule has 160 valence electrons. The molecule has 0 saturated heterocycles. The first-order valence-electron chi connectivity index (χ1n) is 9.70. The van der Waals surface area contributed by atoms with Crippen molar-refractivity contribution in [2.45, 2.75) is 12.7 Å². The van der Waals surface area contributed by atoms with Crippen molar-refractivity contribution in [1.29, 1.82) is 0 Å². The molecule has 9 heteroatoms. The number of anilines is 1. The smallest absolute Gasteiger partial charge is 0.365 e. The molecule has 5 nitrogen and oxygen atoms in total. The van der Waals surface area contributed by atoms with E-state index in [0.29, 0.717) is 28.3 Å². The highest BCUT2D eigenvalue weighted by atomic mass is 19.4. The maximum Gasteiger partial charge on any atom is 0.416 e. The van der Waals surface area contributed by atoms with Crippen LogP contribution in [0, 0.1) is 5.82 Å². The number of para-hydroxylation sites is 1. The van der Waals surface area contributed by atoms with Crippen LogP contribution in [-0.4, -0.2) is 19.8 Å². The summed E-state index contributed by atoms with van der Waals surface area (Å²) in [4.78, 5) is 4.66. The second kappa shape index (κ2) is 7.60. The predicted octanol–water partition coefficient (Wildman–Crippen LogP) is 5.71. The second-order valence-electron chi connectivity index (χ2n) is 7.21. The largest absolute Gasteiger partial charge is 0.416 e. The first-order chi connectivity index (χ1) is 15.4. The number of halogens is 4. The number of hydrogen-bond acceptors (Lipinski definition) is 4. The maximum atomic E-state index is 13.3. The Hall–Kier alpha value is -4.01. The zero-order valence-corrected chi connectivity index (χ0v) is 16.4. The molecule has 2 heterocycles. The minimum absolute atomic E-state index is 0.143. The average molecular weight is 437 g/mol. The average Bonchev–Trinajstić information content (AvgIpc) is 3.22. The van der Waals surface area contributed by atoms with Gasteiger partial charge in [0.05, 0.1) is 11.1 Å². The van der Waals surface area contributed by atoms with E-state index in [1.54, 1.807) is 22.7 Å². The molecule has 0 spiro atoms. The molecule has 0 atom stereocenters. The van der Waals surface area contributed by atoms with E-state index in [4.69, 9.17) is 0 Å². The van der Waals surface area contributed by atoms with Crippen molar-refractivity contribution in [3.05, 3.63) is 89.7 Å². The Labute approximate surface area is 179 Å². The summed E-state index contributed by atoms with van der Waals surface area (Å²) in [5, 5.41) is 12.3. The molecular weight excluding hydrogens is 422 g/mol. The van der Waals surface area contributed by atoms with E-state index < -0.39 is 11.7 Å². The van der Waals surface area contributed by atoms with E-state index in [1.165, 1.54) is 18.2 Å². The fourth-order valence-electron chi connectivity index (χ4n) is 3.54. The van der Waals surface area contributed by atoms with E-state index in [-0.39, 0.29) is 12.4 Å². The van der Waals surface area contributed by atoms with Crippen molar-refractivity contribution in [3.8, 4) is 11.3 Å². The summed E-state index contributed by atoms with van der Waals surface area (Å²) < 4.78 is 54.0. The van der Waals surface area contributed by atoms with Crippen LogP contribution in [0.1, 0.15) is 11.1 Å². The lowest BCUT2D eigenvalue weighted by atomic mass is 10.1. The van der Waals surface area contributed by atoms with Crippen LogP contribution in [0.2, 0.25) is 0 Å². The summed E-state index contributed by atoms with van der Waals surface area (Å²) in [6.45, 7) is 0.143. The normalized spacial score (nSPS) is 11.9. The van der Waals surface area contributed by atoms with Crippen LogP contribution < -0.4 is 5.32 Å². The molecule has 0 unspecified atom stereocenters. The highest BCUT2D eigenvalue weighted by molar-refractivity contribution is 5.93. The van der Waals surface area contributed by atoms with Crippen LogP contribution in [0.25, 0.3) is 27.8 Å². The Morgan fingerprint density at radius 2 is 1.69 bits per heavy atom. The van der Waals surface area contributed by atoms with E-state index in [9.17, 15) is 17.6 Å². The summed E-state index contributed by atoms with van der Waals surface area (Å²) in [6.07, 6.45) is -4.41. The Morgan fingerprint density at radius 3 is 2.47 bits per heavy atom. The van der Waals surface area contributed by atoms with Crippen LogP contribution in [0.5, 0.6) is 0 Å². The maximum absolute atomic E-state index is 13.3. The van der Waals surface area contributed by atoms with Crippen molar-refractivity contribution < 1.29 is 17.6 Å². The number of hydrogen-bond donors (Lipinski definition) is 1. The SMILES string of the molecule is Fc1ccc(-c2nnn3c2nc(NCc2cccc(C(F)(F)F)c2)c2ccccc23)cc1. The molecule has 0 saturated carbocycles. The first-order valence-corrected chi connectivity index (χ1v) is 9.70. The third kappa shape index (κ3) is 3.62. The molecule has 3 aromatic carbocycles. The summed E-state index contributed by atoms with van der Waals surface area (Å²) in [5.41, 5.74) is 2.05. The molecule has 5 rings (SSSR count). The molecule has 0 aliphatic rings. The molecule has 0 amide bonds. The minimum atomic E-state index is -4.41. The second-order valence-corrected chi connectivity index (χ2v) is 7.21. The number of alkyl halides is 3. The van der Waals surface area contributed by atoms with Gasteiger partial charge >= 0.3 is 6.18 Å². The van der Waals surface area contributed by atoms with Gasteiger partial charge in [0.15, 0.2) is 5.65 Å². The highest BCUT2D eigenvalue weighted by Crippen LogP contribution is 2.31. The van der Waals surface area contributed by atoms with Crippen molar-refractivity contribution in [2.24, 2.45) is 0 Å². The standard InChI is InChI=1S/C23H15F4N5/c24-17-10-8-15(9-11-17)20-22-29-21(18-6-1-2-7-19(18)32(22)31-30-20)28-13-14-4-3-5-16(12-14)23(25,26)27/h1-12H,13H2,(H,28,29). The zero-order chi connectivity index (χ0) is 22.3. The predicted molar refractivity (Wildman–Crippen MR) is 112 cm³/mol. The van der Waals surface area contributed by atoms with Gasteiger partial charge in [0.25, 0.3) is 0 Å². The summed E-state index contributed by atoms with van der Waals surface area (Å²) >= 11 is 0. The van der Waals surface area contributed by atoms with Gasteiger partial charge in [0.2, 0.25) is 0 Å². The van der Waals surface area contributed by atoms with Gasteiger partial charge in [0, 0.05) is 17.5 Å². The first kappa shape index (κ1) is 19.9. The number of aromatic nitrogens is 4. The lowest BCUT2D eigenvalue weighted by Gasteiger charge is -2.12. The molecule has 32 heavy (non-hydrogen) atoms. The third-order valence-electron chi connectivity index (χ3n) is 5.08. The van der Waals surface area contributed by atoms with E-state index in [0.717, 1.165) is 23.0 Å². The monoisotopic (exact) mass is 437 g/mol. The van der Waals surface area contributed by atoms with Gasteiger partial charge in [-0.15, -0.1) is 5.10 Å². The van der Waals surface area contributed by atoms with Gasteiger partial charge in [0.1, 0.15) is 17.3 Å². The number of benzene rings is 3. The van der Waals surface area contributed by atoms with Gasteiger partial charge in [-0.2, -0.15) is 17.7 Å². The molecule has 1 N–H and O–H groups in total. The molecule has 0 radical (unpaired) electrons.